The molecule has 36 heavy (non-hydrogen) atoms. The van der Waals surface area contributed by atoms with Crippen molar-refractivity contribution >= 4 is 27.7 Å². The fourth-order valence-corrected chi connectivity index (χ4v) is 5.67. The minimum Gasteiger partial charge on any atom is -0.382 e. The number of sulfone groups is 1. The van der Waals surface area contributed by atoms with Crippen LogP contribution in [0.2, 0.25) is 0 Å². The molecule has 0 fully saturated rings. The van der Waals surface area contributed by atoms with Crippen LogP contribution < -0.4 is 10.6 Å². The minimum absolute atomic E-state index is 0.0214. The van der Waals surface area contributed by atoms with Gasteiger partial charge in [0.25, 0.3) is 5.91 Å². The van der Waals surface area contributed by atoms with Gasteiger partial charge in [-0.3, -0.25) is 4.79 Å². The van der Waals surface area contributed by atoms with Crippen molar-refractivity contribution in [3.05, 3.63) is 95.8 Å². The van der Waals surface area contributed by atoms with Crippen molar-refractivity contribution in [2.45, 2.75) is 37.6 Å². The lowest BCUT2D eigenvalue weighted by atomic mass is 9.91. The zero-order chi connectivity index (χ0) is 26.4. The molecule has 0 aliphatic rings. The van der Waals surface area contributed by atoms with Crippen molar-refractivity contribution in [3.8, 4) is 0 Å². The first-order chi connectivity index (χ1) is 16.9. The molecule has 2 N–H and O–H groups in total. The van der Waals surface area contributed by atoms with E-state index in [0.717, 1.165) is 5.56 Å². The Morgan fingerprint density at radius 1 is 0.917 bits per heavy atom. The molecule has 0 unspecified atom stereocenters. The summed E-state index contributed by atoms with van der Waals surface area (Å²) in [6.45, 7) is 5.65. The van der Waals surface area contributed by atoms with Crippen molar-refractivity contribution < 1.29 is 22.4 Å². The van der Waals surface area contributed by atoms with Crippen LogP contribution in [-0.2, 0) is 21.1 Å². The van der Waals surface area contributed by atoms with Crippen molar-refractivity contribution in [1.29, 1.82) is 0 Å². The van der Waals surface area contributed by atoms with E-state index >= 15 is 0 Å². The summed E-state index contributed by atoms with van der Waals surface area (Å²) >= 11 is 0. The standard InChI is InChI=1S/C28H31FN2O4S/c1-27(2,3)20-36(34,35)25-15-13-24(14-16-25)30-18-28(19-32,17-21-7-5-4-6-8-21)31-26(33)22-9-11-23(29)12-10-22/h4-16,19,30H,17-18,20H2,1-3H3,(H,31,33)/t28-/m1/s1. The van der Waals surface area contributed by atoms with E-state index in [1.165, 1.54) is 36.4 Å². The number of nitrogens with one attached hydrogen (secondary N) is 2. The number of amides is 1. The van der Waals surface area contributed by atoms with Crippen LogP contribution in [0.1, 0.15) is 36.7 Å². The van der Waals surface area contributed by atoms with Gasteiger partial charge in [0.1, 0.15) is 17.6 Å². The summed E-state index contributed by atoms with van der Waals surface area (Å²) < 4.78 is 38.6. The van der Waals surface area contributed by atoms with Crippen LogP contribution in [0.4, 0.5) is 10.1 Å². The number of hydrogen-bond donors (Lipinski definition) is 2. The fourth-order valence-electron chi connectivity index (χ4n) is 3.82. The first-order valence-corrected chi connectivity index (χ1v) is 13.2. The lowest BCUT2D eigenvalue weighted by Crippen LogP contribution is -2.56. The Bertz CT molecular complexity index is 1290. The van der Waals surface area contributed by atoms with E-state index in [4.69, 9.17) is 0 Å². The first kappa shape index (κ1) is 27.1. The zero-order valence-corrected chi connectivity index (χ0v) is 21.4. The van der Waals surface area contributed by atoms with Gasteiger partial charge in [0.2, 0.25) is 0 Å². The van der Waals surface area contributed by atoms with Crippen molar-refractivity contribution in [2.24, 2.45) is 5.41 Å². The lowest BCUT2D eigenvalue weighted by molar-refractivity contribution is -0.112. The molecule has 190 valence electrons. The number of aldehydes is 1. The van der Waals surface area contributed by atoms with Gasteiger partial charge in [0, 0.05) is 24.2 Å². The first-order valence-electron chi connectivity index (χ1n) is 11.6. The molecule has 1 amide bonds. The predicted molar refractivity (Wildman–Crippen MR) is 139 cm³/mol. The number of carbonyl (C=O) groups excluding carboxylic acids is 2. The second-order valence-electron chi connectivity index (χ2n) is 10.1. The van der Waals surface area contributed by atoms with Gasteiger partial charge >= 0.3 is 0 Å². The molecule has 3 aromatic carbocycles. The molecule has 3 rings (SSSR count). The molecule has 6 nitrogen and oxygen atoms in total. The van der Waals surface area contributed by atoms with Gasteiger partial charge in [0.15, 0.2) is 9.84 Å². The van der Waals surface area contributed by atoms with Gasteiger partial charge in [-0.15, -0.1) is 0 Å². The average molecular weight is 511 g/mol. The maximum Gasteiger partial charge on any atom is 0.252 e. The molecule has 0 saturated carbocycles. The SMILES string of the molecule is CC(C)(C)CS(=O)(=O)c1ccc(NC[C@@](C=O)(Cc2ccccc2)NC(=O)c2ccc(F)cc2)cc1. The summed E-state index contributed by atoms with van der Waals surface area (Å²) in [4.78, 5) is 25.5. The van der Waals surface area contributed by atoms with Crippen LogP contribution in [0.3, 0.4) is 0 Å². The van der Waals surface area contributed by atoms with E-state index in [-0.39, 0.29) is 34.6 Å². The molecule has 0 bridgehead atoms. The summed E-state index contributed by atoms with van der Waals surface area (Å²) in [6.07, 6.45) is 0.909. The van der Waals surface area contributed by atoms with Crippen LogP contribution in [-0.4, -0.2) is 38.4 Å². The van der Waals surface area contributed by atoms with Crippen molar-refractivity contribution in [1.82, 2.24) is 5.32 Å². The van der Waals surface area contributed by atoms with Gasteiger partial charge in [-0.1, -0.05) is 51.1 Å². The molecule has 0 aliphatic carbocycles. The normalized spacial score (nSPS) is 13.4. The second kappa shape index (κ2) is 11.0. The third kappa shape index (κ3) is 7.49. The van der Waals surface area contributed by atoms with Gasteiger partial charge in [-0.25, -0.2) is 12.8 Å². The van der Waals surface area contributed by atoms with Gasteiger partial charge in [-0.2, -0.15) is 0 Å². The van der Waals surface area contributed by atoms with Gasteiger partial charge in [0.05, 0.1) is 10.6 Å². The van der Waals surface area contributed by atoms with E-state index in [2.05, 4.69) is 10.6 Å². The summed E-state index contributed by atoms with van der Waals surface area (Å²) in [5.74, 6) is -0.955. The van der Waals surface area contributed by atoms with Crippen LogP contribution in [0.25, 0.3) is 0 Å². The number of hydrogen-bond acceptors (Lipinski definition) is 5. The summed E-state index contributed by atoms with van der Waals surface area (Å²) in [5, 5.41) is 5.96. The smallest absolute Gasteiger partial charge is 0.252 e. The number of carbonyl (C=O) groups is 2. The van der Waals surface area contributed by atoms with Crippen LogP contribution >= 0.6 is 0 Å². The highest BCUT2D eigenvalue weighted by atomic mass is 32.2. The van der Waals surface area contributed by atoms with Crippen LogP contribution in [0.15, 0.2) is 83.8 Å². The Hall–Kier alpha value is -3.52. The quantitative estimate of drug-likeness (QED) is 0.387. The number of halogens is 1. The highest BCUT2D eigenvalue weighted by Crippen LogP contribution is 2.23. The maximum absolute atomic E-state index is 13.3. The molecule has 8 heteroatoms. The Balaban J connectivity index is 1.81. The molecular formula is C28H31FN2O4S. The van der Waals surface area contributed by atoms with Crippen LogP contribution in [0.5, 0.6) is 0 Å². The molecule has 0 aliphatic heterocycles. The molecular weight excluding hydrogens is 479 g/mol. The molecule has 0 spiro atoms. The molecule has 3 aromatic rings. The van der Waals surface area contributed by atoms with Crippen LogP contribution in [0, 0.1) is 11.2 Å². The zero-order valence-electron chi connectivity index (χ0n) is 20.6. The van der Waals surface area contributed by atoms with E-state index in [0.29, 0.717) is 12.0 Å². The number of rotatable bonds is 10. The summed E-state index contributed by atoms with van der Waals surface area (Å²) in [5.41, 5.74) is -0.0259. The lowest BCUT2D eigenvalue weighted by Gasteiger charge is -2.30. The Morgan fingerprint density at radius 3 is 2.08 bits per heavy atom. The monoisotopic (exact) mass is 510 g/mol. The topological polar surface area (TPSA) is 92.3 Å². The Morgan fingerprint density at radius 2 is 1.53 bits per heavy atom. The van der Waals surface area contributed by atoms with E-state index in [1.54, 1.807) is 12.1 Å². The fraction of sp³-hybridized carbons (Fsp3) is 0.286. The molecule has 0 radical (unpaired) electrons. The molecule has 1 atom stereocenters. The third-order valence-electron chi connectivity index (χ3n) is 5.50. The number of anilines is 1. The van der Waals surface area contributed by atoms with E-state index in [1.807, 2.05) is 51.1 Å². The minimum atomic E-state index is -3.44. The predicted octanol–water partition coefficient (Wildman–Crippen LogP) is 4.67. The average Bonchev–Trinajstić information content (AvgIpc) is 2.82. The van der Waals surface area contributed by atoms with E-state index < -0.39 is 27.1 Å². The Labute approximate surface area is 211 Å². The van der Waals surface area contributed by atoms with Gasteiger partial charge in [-0.05, 0) is 59.5 Å². The molecule has 0 heterocycles. The third-order valence-corrected chi connectivity index (χ3v) is 7.74. The van der Waals surface area contributed by atoms with Gasteiger partial charge < -0.3 is 15.4 Å². The highest BCUT2D eigenvalue weighted by molar-refractivity contribution is 7.91. The largest absolute Gasteiger partial charge is 0.382 e. The maximum atomic E-state index is 13.3. The Kier molecular flexibility index (Phi) is 8.30. The summed E-state index contributed by atoms with van der Waals surface area (Å²) in [7, 11) is -3.44. The highest BCUT2D eigenvalue weighted by Gasteiger charge is 2.32. The summed E-state index contributed by atoms with van der Waals surface area (Å²) in [6, 6.07) is 20.7. The molecule has 0 aromatic heterocycles. The molecule has 0 saturated heterocycles. The van der Waals surface area contributed by atoms with Crippen molar-refractivity contribution in [3.63, 3.8) is 0 Å². The van der Waals surface area contributed by atoms with E-state index in [9.17, 15) is 22.4 Å². The number of benzene rings is 3. The van der Waals surface area contributed by atoms with Crippen molar-refractivity contribution in [2.75, 3.05) is 17.6 Å². The second-order valence-corrected chi connectivity index (χ2v) is 12.1.